The summed E-state index contributed by atoms with van der Waals surface area (Å²) in [6.45, 7) is 3.83. The molecule has 0 saturated carbocycles. The van der Waals surface area contributed by atoms with Crippen molar-refractivity contribution in [1.29, 1.82) is 0 Å². The number of carbonyl (C=O) groups excluding carboxylic acids is 2. The second-order valence-electron chi connectivity index (χ2n) is 7.35. The number of hydrogen-bond donors (Lipinski definition) is 0. The number of nitro groups is 1. The number of Topliss-reactive ketones (excluding diaryl/α,β-unsaturated/α-hetero) is 1. The molecule has 0 bridgehead atoms. The van der Waals surface area contributed by atoms with Crippen molar-refractivity contribution in [3.63, 3.8) is 0 Å². The molecule has 0 atom stereocenters. The van der Waals surface area contributed by atoms with E-state index >= 15 is 0 Å². The topological polar surface area (TPSA) is 96.9 Å². The first kappa shape index (κ1) is 20.3. The number of benzene rings is 2. The number of amides is 1. The monoisotopic (exact) mass is 419 g/mol. The van der Waals surface area contributed by atoms with Gasteiger partial charge in [0.1, 0.15) is 5.76 Å². The van der Waals surface area contributed by atoms with Crippen LogP contribution in [0.25, 0.3) is 11.3 Å². The highest BCUT2D eigenvalue weighted by Crippen LogP contribution is 2.25. The van der Waals surface area contributed by atoms with Crippen molar-refractivity contribution < 1.29 is 18.9 Å². The Morgan fingerprint density at radius 1 is 0.903 bits per heavy atom. The van der Waals surface area contributed by atoms with E-state index in [1.165, 1.54) is 19.1 Å². The molecule has 2 aromatic carbocycles. The molecule has 1 aliphatic rings. The van der Waals surface area contributed by atoms with Gasteiger partial charge in [-0.2, -0.15) is 0 Å². The van der Waals surface area contributed by atoms with Crippen molar-refractivity contribution in [2.45, 2.75) is 6.92 Å². The van der Waals surface area contributed by atoms with Gasteiger partial charge < -0.3 is 14.2 Å². The van der Waals surface area contributed by atoms with Crippen molar-refractivity contribution in [2.24, 2.45) is 0 Å². The van der Waals surface area contributed by atoms with Crippen molar-refractivity contribution in [1.82, 2.24) is 4.90 Å². The molecule has 2 heterocycles. The molecule has 0 spiro atoms. The Morgan fingerprint density at radius 2 is 1.55 bits per heavy atom. The van der Waals surface area contributed by atoms with E-state index < -0.39 is 4.92 Å². The van der Waals surface area contributed by atoms with Crippen LogP contribution < -0.4 is 4.90 Å². The van der Waals surface area contributed by atoms with Crippen LogP contribution >= 0.6 is 0 Å². The van der Waals surface area contributed by atoms with Crippen LogP contribution in [0.5, 0.6) is 0 Å². The molecule has 4 rings (SSSR count). The van der Waals surface area contributed by atoms with Crippen LogP contribution in [0, 0.1) is 10.1 Å². The number of rotatable bonds is 5. The second-order valence-corrected chi connectivity index (χ2v) is 7.35. The van der Waals surface area contributed by atoms with E-state index in [0.717, 1.165) is 11.3 Å². The van der Waals surface area contributed by atoms with Crippen LogP contribution in [0.15, 0.2) is 65.1 Å². The van der Waals surface area contributed by atoms with E-state index in [1.54, 1.807) is 53.4 Å². The quantitative estimate of drug-likeness (QED) is 0.352. The number of anilines is 1. The van der Waals surface area contributed by atoms with Gasteiger partial charge in [-0.05, 0) is 31.2 Å². The number of piperazine rings is 1. The molecule has 1 aromatic heterocycles. The number of hydrogen-bond acceptors (Lipinski definition) is 6. The van der Waals surface area contributed by atoms with Gasteiger partial charge in [-0.1, -0.05) is 24.3 Å². The molecular formula is C23H21N3O5. The first-order valence-corrected chi connectivity index (χ1v) is 9.92. The Kier molecular flexibility index (Phi) is 5.53. The number of nitrogens with zero attached hydrogens (tertiary/aromatic N) is 3. The second kappa shape index (κ2) is 8.43. The molecule has 0 aliphatic carbocycles. The van der Waals surface area contributed by atoms with Gasteiger partial charge in [0.15, 0.2) is 11.5 Å². The summed E-state index contributed by atoms with van der Waals surface area (Å²) in [4.78, 5) is 38.5. The van der Waals surface area contributed by atoms with Crippen LogP contribution in [-0.4, -0.2) is 47.7 Å². The summed E-state index contributed by atoms with van der Waals surface area (Å²) in [7, 11) is 0. The average Bonchev–Trinajstić information content (AvgIpc) is 3.29. The Bertz CT molecular complexity index is 1110. The van der Waals surface area contributed by atoms with Crippen molar-refractivity contribution >= 4 is 23.1 Å². The Labute approximate surface area is 178 Å². The van der Waals surface area contributed by atoms with E-state index in [4.69, 9.17) is 4.42 Å². The molecule has 1 amide bonds. The number of furan rings is 1. The zero-order chi connectivity index (χ0) is 22.0. The lowest BCUT2D eigenvalue weighted by molar-refractivity contribution is -0.384. The third-order valence-corrected chi connectivity index (χ3v) is 5.39. The summed E-state index contributed by atoms with van der Waals surface area (Å²) in [5, 5.41) is 10.8. The minimum absolute atomic E-state index is 0.00488. The summed E-state index contributed by atoms with van der Waals surface area (Å²) >= 11 is 0. The fraction of sp³-hybridized carbons (Fsp3) is 0.217. The van der Waals surface area contributed by atoms with Crippen molar-refractivity contribution in [2.75, 3.05) is 31.1 Å². The Morgan fingerprint density at radius 3 is 2.13 bits per heavy atom. The van der Waals surface area contributed by atoms with E-state index in [-0.39, 0.29) is 23.1 Å². The standard InChI is InChI=1S/C23H21N3O5/c1-16(27)17-2-4-18(5-3-17)21-10-11-22(31-21)23(28)25-14-12-24(13-15-25)19-6-8-20(9-7-19)26(29)30/h2-11H,12-15H2,1H3. The average molecular weight is 419 g/mol. The van der Waals surface area contributed by atoms with E-state index in [0.29, 0.717) is 37.5 Å². The summed E-state index contributed by atoms with van der Waals surface area (Å²) < 4.78 is 5.78. The Hall–Kier alpha value is -3.94. The summed E-state index contributed by atoms with van der Waals surface area (Å²) in [6, 6.07) is 16.9. The third-order valence-electron chi connectivity index (χ3n) is 5.39. The molecule has 8 heteroatoms. The molecule has 0 N–H and O–H groups in total. The van der Waals surface area contributed by atoms with E-state index in [2.05, 4.69) is 4.90 Å². The van der Waals surface area contributed by atoms with Gasteiger partial charge >= 0.3 is 0 Å². The van der Waals surface area contributed by atoms with Crippen LogP contribution in [0.3, 0.4) is 0 Å². The SMILES string of the molecule is CC(=O)c1ccc(-c2ccc(C(=O)N3CCN(c4ccc([N+](=O)[O-])cc4)CC3)o2)cc1. The highest BCUT2D eigenvalue weighted by molar-refractivity contribution is 5.94. The zero-order valence-corrected chi connectivity index (χ0v) is 17.0. The van der Waals surface area contributed by atoms with Crippen LogP contribution in [0.2, 0.25) is 0 Å². The van der Waals surface area contributed by atoms with E-state index in [1.807, 2.05) is 0 Å². The van der Waals surface area contributed by atoms with Gasteiger partial charge in [0.05, 0.1) is 4.92 Å². The van der Waals surface area contributed by atoms with Gasteiger partial charge in [0, 0.05) is 55.1 Å². The maximum absolute atomic E-state index is 12.8. The lowest BCUT2D eigenvalue weighted by Gasteiger charge is -2.35. The molecule has 3 aromatic rings. The maximum atomic E-state index is 12.8. The minimum Gasteiger partial charge on any atom is -0.451 e. The van der Waals surface area contributed by atoms with Gasteiger partial charge in [0.25, 0.3) is 11.6 Å². The molecule has 0 unspecified atom stereocenters. The van der Waals surface area contributed by atoms with Crippen LogP contribution in [0.1, 0.15) is 27.8 Å². The third kappa shape index (κ3) is 4.32. The van der Waals surface area contributed by atoms with Gasteiger partial charge in [-0.3, -0.25) is 19.7 Å². The van der Waals surface area contributed by atoms with Gasteiger partial charge in [-0.15, -0.1) is 0 Å². The summed E-state index contributed by atoms with van der Waals surface area (Å²) in [5.41, 5.74) is 2.37. The summed E-state index contributed by atoms with van der Waals surface area (Å²) in [6.07, 6.45) is 0. The predicted molar refractivity (Wildman–Crippen MR) is 115 cm³/mol. The van der Waals surface area contributed by atoms with Gasteiger partial charge in [-0.25, -0.2) is 0 Å². The lowest BCUT2D eigenvalue weighted by atomic mass is 10.1. The first-order valence-electron chi connectivity index (χ1n) is 9.92. The summed E-state index contributed by atoms with van der Waals surface area (Å²) in [5.74, 6) is 0.669. The fourth-order valence-corrected chi connectivity index (χ4v) is 3.59. The molecule has 1 fully saturated rings. The molecule has 31 heavy (non-hydrogen) atoms. The van der Waals surface area contributed by atoms with Crippen molar-refractivity contribution in [3.05, 3.63) is 82.1 Å². The van der Waals surface area contributed by atoms with E-state index in [9.17, 15) is 19.7 Å². The number of ketones is 1. The predicted octanol–water partition coefficient (Wildman–Crippen LogP) is 4.02. The van der Waals surface area contributed by atoms with Crippen LogP contribution in [-0.2, 0) is 0 Å². The normalized spacial score (nSPS) is 13.8. The molecule has 158 valence electrons. The number of carbonyl (C=O) groups is 2. The smallest absolute Gasteiger partial charge is 0.289 e. The molecule has 1 aliphatic heterocycles. The Balaban J connectivity index is 1.39. The highest BCUT2D eigenvalue weighted by Gasteiger charge is 2.25. The lowest BCUT2D eigenvalue weighted by Crippen LogP contribution is -2.48. The minimum atomic E-state index is -0.421. The molecule has 8 nitrogen and oxygen atoms in total. The van der Waals surface area contributed by atoms with Crippen molar-refractivity contribution in [3.8, 4) is 11.3 Å². The van der Waals surface area contributed by atoms with Gasteiger partial charge in [0.2, 0.25) is 0 Å². The molecule has 0 radical (unpaired) electrons. The highest BCUT2D eigenvalue weighted by atomic mass is 16.6. The zero-order valence-electron chi connectivity index (χ0n) is 17.0. The number of non-ortho nitro benzene ring substituents is 1. The van der Waals surface area contributed by atoms with Crippen LogP contribution in [0.4, 0.5) is 11.4 Å². The molecular weight excluding hydrogens is 398 g/mol. The largest absolute Gasteiger partial charge is 0.451 e. The number of nitro benzene ring substituents is 1. The fourth-order valence-electron chi connectivity index (χ4n) is 3.59. The molecule has 1 saturated heterocycles. The first-order chi connectivity index (χ1) is 14.9. The maximum Gasteiger partial charge on any atom is 0.289 e.